The number of ether oxygens (including phenoxy) is 1. The van der Waals surface area contributed by atoms with Crippen LogP contribution in [0.1, 0.15) is 32.0 Å². The lowest BCUT2D eigenvalue weighted by Gasteiger charge is -2.11. The third-order valence-electron chi connectivity index (χ3n) is 4.52. The first-order chi connectivity index (χ1) is 12.9. The Morgan fingerprint density at radius 2 is 1.93 bits per heavy atom. The number of nitrogens with zero attached hydrogens (tertiary/aromatic N) is 3. The molecule has 27 heavy (non-hydrogen) atoms. The summed E-state index contributed by atoms with van der Waals surface area (Å²) in [5.74, 6) is 1.46. The van der Waals surface area contributed by atoms with Crippen LogP contribution >= 0.6 is 0 Å². The van der Waals surface area contributed by atoms with E-state index in [9.17, 15) is 8.42 Å². The number of hydrogen-bond acceptors (Lipinski definition) is 6. The van der Waals surface area contributed by atoms with Gasteiger partial charge in [-0.05, 0) is 25.8 Å². The number of fused-ring (bicyclic) bond motifs is 3. The molecule has 0 saturated carbocycles. The van der Waals surface area contributed by atoms with Crippen molar-refractivity contribution in [1.82, 2.24) is 14.5 Å². The highest BCUT2D eigenvalue weighted by molar-refractivity contribution is 7.90. The number of hydrogen-bond donors (Lipinski definition) is 1. The van der Waals surface area contributed by atoms with E-state index >= 15 is 0 Å². The SMILES string of the molecule is CCOCc1nc2c(N)nc3ccccc3c2n1CCCCCS(C)(=O)=O. The fraction of sp³-hybridized carbons (Fsp3) is 0.474. The summed E-state index contributed by atoms with van der Waals surface area (Å²) in [6.45, 7) is 3.69. The Morgan fingerprint density at radius 1 is 1.15 bits per heavy atom. The van der Waals surface area contributed by atoms with E-state index in [-0.39, 0.29) is 5.75 Å². The molecule has 0 atom stereocenters. The van der Waals surface area contributed by atoms with E-state index < -0.39 is 9.84 Å². The number of aryl methyl sites for hydroxylation is 1. The molecule has 2 heterocycles. The van der Waals surface area contributed by atoms with Crippen LogP contribution in [0.2, 0.25) is 0 Å². The molecule has 7 nitrogen and oxygen atoms in total. The fourth-order valence-electron chi connectivity index (χ4n) is 3.26. The number of para-hydroxylation sites is 1. The number of sulfone groups is 1. The van der Waals surface area contributed by atoms with Crippen LogP contribution in [-0.4, -0.2) is 41.6 Å². The van der Waals surface area contributed by atoms with Gasteiger partial charge in [0.15, 0.2) is 5.82 Å². The second-order valence-corrected chi connectivity index (χ2v) is 8.98. The van der Waals surface area contributed by atoms with Crippen LogP contribution in [0.3, 0.4) is 0 Å². The van der Waals surface area contributed by atoms with Crippen molar-refractivity contribution in [3.63, 3.8) is 0 Å². The maximum absolute atomic E-state index is 11.3. The minimum absolute atomic E-state index is 0.225. The largest absolute Gasteiger partial charge is 0.382 e. The van der Waals surface area contributed by atoms with Crippen LogP contribution in [-0.2, 0) is 27.7 Å². The molecule has 2 aromatic heterocycles. The summed E-state index contributed by atoms with van der Waals surface area (Å²) in [5.41, 5.74) is 8.66. The average molecular weight is 391 g/mol. The van der Waals surface area contributed by atoms with Crippen molar-refractivity contribution >= 4 is 37.6 Å². The number of anilines is 1. The maximum Gasteiger partial charge on any atom is 0.152 e. The molecule has 0 aliphatic rings. The Bertz CT molecular complexity index is 1040. The predicted octanol–water partition coefficient (Wildman–Crippen LogP) is 2.92. The molecule has 0 unspecified atom stereocenters. The Morgan fingerprint density at radius 3 is 2.67 bits per heavy atom. The second kappa shape index (κ2) is 8.22. The topological polar surface area (TPSA) is 100 Å². The molecule has 0 amide bonds. The normalized spacial score (nSPS) is 12.2. The first-order valence-corrected chi connectivity index (χ1v) is 11.3. The Labute approximate surface area is 159 Å². The monoisotopic (exact) mass is 390 g/mol. The van der Waals surface area contributed by atoms with Crippen molar-refractivity contribution in [2.45, 2.75) is 39.3 Å². The lowest BCUT2D eigenvalue weighted by Crippen LogP contribution is -2.07. The van der Waals surface area contributed by atoms with Crippen LogP contribution in [0, 0.1) is 0 Å². The molecule has 3 rings (SSSR count). The molecule has 8 heteroatoms. The van der Waals surface area contributed by atoms with Crippen molar-refractivity contribution in [3.8, 4) is 0 Å². The Hall–Kier alpha value is -2.19. The van der Waals surface area contributed by atoms with Crippen molar-refractivity contribution in [2.24, 2.45) is 0 Å². The summed E-state index contributed by atoms with van der Waals surface area (Å²) in [6.07, 6.45) is 3.63. The number of nitrogen functional groups attached to an aromatic ring is 1. The van der Waals surface area contributed by atoms with Gasteiger partial charge in [-0.25, -0.2) is 18.4 Å². The number of pyridine rings is 1. The third-order valence-corrected chi connectivity index (χ3v) is 5.55. The smallest absolute Gasteiger partial charge is 0.152 e. The highest BCUT2D eigenvalue weighted by atomic mass is 32.2. The number of unbranched alkanes of at least 4 members (excludes halogenated alkanes) is 2. The van der Waals surface area contributed by atoms with E-state index in [1.165, 1.54) is 6.26 Å². The lowest BCUT2D eigenvalue weighted by molar-refractivity contribution is 0.126. The van der Waals surface area contributed by atoms with Crippen LogP contribution in [0.4, 0.5) is 5.82 Å². The molecule has 0 aliphatic carbocycles. The summed E-state index contributed by atoms with van der Waals surface area (Å²) in [6, 6.07) is 7.88. The van der Waals surface area contributed by atoms with Gasteiger partial charge in [0.05, 0.1) is 11.0 Å². The third kappa shape index (κ3) is 4.56. The highest BCUT2D eigenvalue weighted by Gasteiger charge is 2.17. The summed E-state index contributed by atoms with van der Waals surface area (Å²) in [4.78, 5) is 9.16. The van der Waals surface area contributed by atoms with Gasteiger partial charge in [-0.2, -0.15) is 0 Å². The van der Waals surface area contributed by atoms with Crippen molar-refractivity contribution < 1.29 is 13.2 Å². The van der Waals surface area contributed by atoms with Crippen LogP contribution in [0.5, 0.6) is 0 Å². The number of benzene rings is 1. The first-order valence-electron chi connectivity index (χ1n) is 9.19. The molecule has 0 spiro atoms. The highest BCUT2D eigenvalue weighted by Crippen LogP contribution is 2.29. The molecule has 146 valence electrons. The lowest BCUT2D eigenvalue weighted by atomic mass is 10.2. The van der Waals surface area contributed by atoms with Crippen LogP contribution in [0.25, 0.3) is 21.9 Å². The van der Waals surface area contributed by atoms with E-state index in [1.807, 2.05) is 31.2 Å². The second-order valence-electron chi connectivity index (χ2n) is 6.72. The van der Waals surface area contributed by atoms with E-state index in [2.05, 4.69) is 9.55 Å². The summed E-state index contributed by atoms with van der Waals surface area (Å²) >= 11 is 0. The van der Waals surface area contributed by atoms with Crippen LogP contribution in [0.15, 0.2) is 24.3 Å². The molecule has 0 bridgehead atoms. The quantitative estimate of drug-likeness (QED) is 0.564. The van der Waals surface area contributed by atoms with Crippen molar-refractivity contribution in [1.29, 1.82) is 0 Å². The molecule has 0 fully saturated rings. The summed E-state index contributed by atoms with van der Waals surface area (Å²) in [7, 11) is -2.91. The van der Waals surface area contributed by atoms with Gasteiger partial charge < -0.3 is 15.0 Å². The van der Waals surface area contributed by atoms with E-state index in [0.717, 1.165) is 41.6 Å². The average Bonchev–Trinajstić information content (AvgIpc) is 2.98. The Kier molecular flexibility index (Phi) is 5.96. The zero-order valence-electron chi connectivity index (χ0n) is 15.8. The van der Waals surface area contributed by atoms with Gasteiger partial charge in [0.1, 0.15) is 27.8 Å². The van der Waals surface area contributed by atoms with E-state index in [0.29, 0.717) is 31.0 Å². The molecule has 0 aliphatic heterocycles. The molecule has 2 N–H and O–H groups in total. The molecule has 3 aromatic rings. The number of imidazole rings is 1. The zero-order chi connectivity index (χ0) is 19.4. The van der Waals surface area contributed by atoms with Gasteiger partial charge in [-0.1, -0.05) is 24.6 Å². The zero-order valence-corrected chi connectivity index (χ0v) is 16.6. The predicted molar refractivity (Wildman–Crippen MR) is 108 cm³/mol. The van der Waals surface area contributed by atoms with Gasteiger partial charge in [0, 0.05) is 30.5 Å². The molecule has 1 aromatic carbocycles. The summed E-state index contributed by atoms with van der Waals surface area (Å²) < 4.78 is 30.3. The van der Waals surface area contributed by atoms with Gasteiger partial charge in [0.2, 0.25) is 0 Å². The van der Waals surface area contributed by atoms with Crippen LogP contribution < -0.4 is 5.73 Å². The van der Waals surface area contributed by atoms with E-state index in [4.69, 9.17) is 15.5 Å². The number of nitrogens with two attached hydrogens (primary N) is 1. The van der Waals surface area contributed by atoms with E-state index in [1.54, 1.807) is 0 Å². The van der Waals surface area contributed by atoms with Gasteiger partial charge >= 0.3 is 0 Å². The molecule has 0 saturated heterocycles. The van der Waals surface area contributed by atoms with Crippen molar-refractivity contribution in [3.05, 3.63) is 30.1 Å². The molecule has 0 radical (unpaired) electrons. The number of aromatic nitrogens is 3. The van der Waals surface area contributed by atoms with Gasteiger partial charge in [-0.15, -0.1) is 0 Å². The van der Waals surface area contributed by atoms with Crippen molar-refractivity contribution in [2.75, 3.05) is 24.3 Å². The van der Waals surface area contributed by atoms with Gasteiger partial charge in [0.25, 0.3) is 0 Å². The summed E-state index contributed by atoms with van der Waals surface area (Å²) in [5, 5.41) is 1.01. The number of rotatable bonds is 9. The minimum Gasteiger partial charge on any atom is -0.382 e. The maximum atomic E-state index is 11.3. The molecular formula is C19H26N4O3S. The standard InChI is InChI=1S/C19H26N4O3S/c1-3-26-13-16-22-17-18(14-9-5-6-10-15(14)21-19(17)20)23(16)11-7-4-8-12-27(2,24)25/h5-6,9-10H,3-4,7-8,11-13H2,1-2H3,(H2,20,21). The Balaban J connectivity index is 1.94. The van der Waals surface area contributed by atoms with Gasteiger partial charge in [-0.3, -0.25) is 0 Å². The first kappa shape index (κ1) is 19.6. The fourth-order valence-corrected chi connectivity index (χ4v) is 3.99. The molecular weight excluding hydrogens is 364 g/mol. The minimum atomic E-state index is -2.91.